The fraction of sp³-hybridized carbons (Fsp3) is 0.310. The number of hydrogen-bond donors (Lipinski definition) is 2. The highest BCUT2D eigenvalue weighted by molar-refractivity contribution is 8.00. The van der Waals surface area contributed by atoms with Crippen molar-refractivity contribution in [3.63, 3.8) is 0 Å². The lowest BCUT2D eigenvalue weighted by molar-refractivity contribution is -0.118. The van der Waals surface area contributed by atoms with E-state index in [1.54, 1.807) is 0 Å². The van der Waals surface area contributed by atoms with Crippen LogP contribution in [0.1, 0.15) is 35.6 Å². The molecule has 2 fully saturated rings. The molecule has 182 valence electrons. The number of hydrogen-bond acceptors (Lipinski definition) is 5. The SMILES string of the molecule is O=C(COc1cccc([C@H]2c3sc(=O)[nH]c3SC3C4CCC(C4)C32)c1)Nc1ccc2ccccc2c1. The first kappa shape index (κ1) is 22.2. The zero-order valence-corrected chi connectivity index (χ0v) is 21.2. The van der Waals surface area contributed by atoms with E-state index < -0.39 is 0 Å². The van der Waals surface area contributed by atoms with Gasteiger partial charge in [0.05, 0.1) is 5.03 Å². The number of aromatic nitrogens is 1. The average molecular weight is 515 g/mol. The van der Waals surface area contributed by atoms with Gasteiger partial charge in [-0.05, 0) is 77.6 Å². The number of carbonyl (C=O) groups is 1. The number of anilines is 1. The van der Waals surface area contributed by atoms with Crippen LogP contribution in [0.2, 0.25) is 0 Å². The number of aromatic amines is 1. The van der Waals surface area contributed by atoms with E-state index >= 15 is 0 Å². The second-order valence-corrected chi connectivity index (χ2v) is 12.4. The normalized spacial score (nSPS) is 25.9. The molecule has 7 rings (SSSR count). The van der Waals surface area contributed by atoms with Crippen LogP contribution in [-0.4, -0.2) is 22.7 Å². The van der Waals surface area contributed by atoms with E-state index in [0.717, 1.165) is 33.3 Å². The van der Waals surface area contributed by atoms with Crippen molar-refractivity contribution in [2.45, 2.75) is 35.5 Å². The third kappa shape index (κ3) is 3.85. The van der Waals surface area contributed by atoms with E-state index in [1.807, 2.05) is 60.3 Å². The summed E-state index contributed by atoms with van der Waals surface area (Å²) in [4.78, 5) is 29.2. The van der Waals surface area contributed by atoms with E-state index in [4.69, 9.17) is 4.74 Å². The summed E-state index contributed by atoms with van der Waals surface area (Å²) >= 11 is 3.26. The molecule has 2 saturated carbocycles. The van der Waals surface area contributed by atoms with Gasteiger partial charge in [-0.1, -0.05) is 53.8 Å². The Morgan fingerprint density at radius 1 is 1.00 bits per heavy atom. The highest BCUT2D eigenvalue weighted by Gasteiger charge is 2.54. The Labute approximate surface area is 217 Å². The molecule has 4 aromatic rings. The third-order valence-electron chi connectivity index (χ3n) is 8.09. The van der Waals surface area contributed by atoms with Gasteiger partial charge in [-0.2, -0.15) is 0 Å². The maximum atomic E-state index is 12.6. The number of carbonyl (C=O) groups excluding carboxylic acids is 1. The summed E-state index contributed by atoms with van der Waals surface area (Å²) < 4.78 is 5.94. The molecule has 2 heterocycles. The quantitative estimate of drug-likeness (QED) is 0.330. The number of nitrogens with one attached hydrogen (secondary N) is 2. The lowest BCUT2D eigenvalue weighted by Gasteiger charge is -2.40. The molecule has 2 bridgehead atoms. The summed E-state index contributed by atoms with van der Waals surface area (Å²) in [6.45, 7) is -0.0592. The molecular weight excluding hydrogens is 488 g/mol. The summed E-state index contributed by atoms with van der Waals surface area (Å²) in [5, 5.41) is 6.80. The van der Waals surface area contributed by atoms with E-state index in [2.05, 4.69) is 28.5 Å². The lowest BCUT2D eigenvalue weighted by atomic mass is 9.75. The van der Waals surface area contributed by atoms with Crippen molar-refractivity contribution in [2.75, 3.05) is 11.9 Å². The van der Waals surface area contributed by atoms with Crippen molar-refractivity contribution in [1.82, 2.24) is 4.98 Å². The Morgan fingerprint density at radius 2 is 1.86 bits per heavy atom. The van der Waals surface area contributed by atoms with Gasteiger partial charge in [-0.25, -0.2) is 0 Å². The van der Waals surface area contributed by atoms with E-state index in [0.29, 0.717) is 16.9 Å². The molecule has 7 heteroatoms. The molecule has 3 aromatic carbocycles. The number of thioether (sulfide) groups is 1. The number of fused-ring (bicyclic) bond motifs is 7. The second-order valence-electron chi connectivity index (χ2n) is 10.1. The van der Waals surface area contributed by atoms with Crippen LogP contribution in [0.25, 0.3) is 10.8 Å². The lowest BCUT2D eigenvalue weighted by Crippen LogP contribution is -2.33. The fourth-order valence-electron chi connectivity index (χ4n) is 6.63. The number of amides is 1. The largest absolute Gasteiger partial charge is 0.484 e. The van der Waals surface area contributed by atoms with Crippen LogP contribution in [0.3, 0.4) is 0 Å². The second kappa shape index (κ2) is 8.82. The standard InChI is InChI=1S/C29H26N2O3S2/c32-23(30-21-11-10-16-4-1-2-5-17(16)13-21)15-34-22-7-3-6-18(14-22)25-24-19-8-9-20(12-19)26(24)35-28-27(25)36-29(33)31-28/h1-7,10-11,13-14,19-20,24-26H,8-9,12,15H2,(H,30,32)(H,31,33)/t19?,20?,24?,25-,26?/m1/s1. The Balaban J connectivity index is 1.10. The van der Waals surface area contributed by atoms with Gasteiger partial charge in [-0.3, -0.25) is 9.59 Å². The zero-order chi connectivity index (χ0) is 24.2. The molecule has 2 aliphatic carbocycles. The summed E-state index contributed by atoms with van der Waals surface area (Å²) in [7, 11) is 0. The van der Waals surface area contributed by atoms with Crippen molar-refractivity contribution in [3.8, 4) is 5.75 Å². The first-order chi connectivity index (χ1) is 17.6. The molecule has 4 unspecified atom stereocenters. The number of thiazole rings is 1. The van der Waals surface area contributed by atoms with Gasteiger partial charge in [-0.15, -0.1) is 11.8 Å². The minimum Gasteiger partial charge on any atom is -0.484 e. The number of benzene rings is 3. The van der Waals surface area contributed by atoms with Gasteiger partial charge in [0.25, 0.3) is 5.91 Å². The topological polar surface area (TPSA) is 71.2 Å². The van der Waals surface area contributed by atoms with Crippen LogP contribution in [0.15, 0.2) is 76.6 Å². The molecular formula is C29H26N2O3S2. The van der Waals surface area contributed by atoms with Crippen molar-refractivity contribution in [1.29, 1.82) is 0 Å². The predicted molar refractivity (Wildman–Crippen MR) is 145 cm³/mol. The van der Waals surface area contributed by atoms with Crippen molar-refractivity contribution in [2.24, 2.45) is 17.8 Å². The van der Waals surface area contributed by atoms with Crippen LogP contribution in [0, 0.1) is 17.8 Å². The fourth-order valence-corrected chi connectivity index (χ4v) is 9.53. The first-order valence-electron chi connectivity index (χ1n) is 12.5. The Morgan fingerprint density at radius 3 is 2.78 bits per heavy atom. The van der Waals surface area contributed by atoms with Crippen LogP contribution in [0.5, 0.6) is 5.75 Å². The number of ether oxygens (including phenoxy) is 1. The maximum Gasteiger partial charge on any atom is 0.305 e. The first-order valence-corrected chi connectivity index (χ1v) is 14.2. The van der Waals surface area contributed by atoms with Gasteiger partial charge in [0.1, 0.15) is 5.75 Å². The zero-order valence-electron chi connectivity index (χ0n) is 19.6. The van der Waals surface area contributed by atoms with E-state index in [9.17, 15) is 9.59 Å². The van der Waals surface area contributed by atoms with Crippen molar-refractivity contribution in [3.05, 3.63) is 86.8 Å². The minimum atomic E-state index is -0.191. The van der Waals surface area contributed by atoms with Crippen LogP contribution in [-0.2, 0) is 4.79 Å². The molecule has 0 radical (unpaired) electrons. The smallest absolute Gasteiger partial charge is 0.305 e. The summed E-state index contributed by atoms with van der Waals surface area (Å²) in [6, 6.07) is 22.1. The van der Waals surface area contributed by atoms with Crippen molar-refractivity contribution >= 4 is 45.5 Å². The van der Waals surface area contributed by atoms with Gasteiger partial charge < -0.3 is 15.0 Å². The van der Waals surface area contributed by atoms with Crippen LogP contribution < -0.4 is 14.9 Å². The van der Waals surface area contributed by atoms with Crippen LogP contribution in [0.4, 0.5) is 5.69 Å². The number of rotatable bonds is 5. The summed E-state index contributed by atoms with van der Waals surface area (Å²) in [5.74, 6) is 2.73. The average Bonchev–Trinajstić information content (AvgIpc) is 3.60. The van der Waals surface area contributed by atoms with Gasteiger partial charge in [0.15, 0.2) is 6.61 Å². The highest BCUT2D eigenvalue weighted by atomic mass is 32.2. The molecule has 1 amide bonds. The third-order valence-corrected chi connectivity index (χ3v) is 10.7. The Hall–Kier alpha value is -3.03. The highest BCUT2D eigenvalue weighted by Crippen LogP contribution is 2.63. The Bertz CT molecular complexity index is 1530. The van der Waals surface area contributed by atoms with E-state index in [-0.39, 0.29) is 23.3 Å². The summed E-state index contributed by atoms with van der Waals surface area (Å²) in [5.41, 5.74) is 1.94. The monoisotopic (exact) mass is 514 g/mol. The Kier molecular flexibility index (Phi) is 5.44. The van der Waals surface area contributed by atoms with E-state index in [1.165, 1.54) is 41.0 Å². The van der Waals surface area contributed by atoms with Crippen molar-refractivity contribution < 1.29 is 9.53 Å². The molecule has 0 spiro atoms. The maximum absolute atomic E-state index is 12.6. The molecule has 1 aliphatic heterocycles. The number of H-pyrrole nitrogens is 1. The molecule has 2 N–H and O–H groups in total. The molecule has 5 nitrogen and oxygen atoms in total. The van der Waals surface area contributed by atoms with Crippen LogP contribution >= 0.6 is 23.1 Å². The summed E-state index contributed by atoms with van der Waals surface area (Å²) in [6.07, 6.45) is 3.91. The van der Waals surface area contributed by atoms with Gasteiger partial charge in [0.2, 0.25) is 0 Å². The van der Waals surface area contributed by atoms with Gasteiger partial charge in [0, 0.05) is 21.7 Å². The molecule has 5 atom stereocenters. The molecule has 36 heavy (non-hydrogen) atoms. The molecule has 3 aliphatic rings. The van der Waals surface area contributed by atoms with Gasteiger partial charge >= 0.3 is 4.87 Å². The minimum absolute atomic E-state index is 0.0302. The molecule has 0 saturated heterocycles. The molecule has 1 aromatic heterocycles. The predicted octanol–water partition coefficient (Wildman–Crippen LogP) is 6.26.